The van der Waals surface area contributed by atoms with Crippen LogP contribution in [0, 0.1) is 0 Å². The van der Waals surface area contributed by atoms with E-state index in [9.17, 15) is 4.79 Å². The minimum absolute atomic E-state index is 0.132. The second kappa shape index (κ2) is 3.77. The first kappa shape index (κ1) is 10.0. The summed E-state index contributed by atoms with van der Waals surface area (Å²) in [6.45, 7) is 6.20. The Morgan fingerprint density at radius 3 is 2.54 bits per heavy atom. The molecule has 0 fully saturated rings. The van der Waals surface area contributed by atoms with Crippen LogP contribution in [-0.4, -0.2) is 4.57 Å². The van der Waals surface area contributed by atoms with Gasteiger partial charge < -0.3 is 4.57 Å². The van der Waals surface area contributed by atoms with Crippen LogP contribution in [0.5, 0.6) is 0 Å². The molecular weight excluding hydrogens is 162 g/mol. The second-order valence-corrected chi connectivity index (χ2v) is 3.73. The molecule has 0 aliphatic rings. The molecule has 1 rings (SSSR count). The largest absolute Gasteiger partial charge is 0.318 e. The van der Waals surface area contributed by atoms with Gasteiger partial charge >= 0.3 is 0 Å². The lowest BCUT2D eigenvalue weighted by Crippen LogP contribution is -2.22. The molecule has 0 unspecified atom stereocenters. The number of nitrogens with zero attached hydrogens (tertiary/aromatic N) is 1. The molecule has 2 heteroatoms. The summed E-state index contributed by atoms with van der Waals surface area (Å²) >= 11 is 0. The van der Waals surface area contributed by atoms with E-state index in [4.69, 9.17) is 0 Å². The van der Waals surface area contributed by atoms with Crippen LogP contribution >= 0.6 is 0 Å². The van der Waals surface area contributed by atoms with Crippen molar-refractivity contribution in [2.45, 2.75) is 33.1 Å². The highest BCUT2D eigenvalue weighted by Crippen LogP contribution is 2.11. The zero-order chi connectivity index (χ0) is 10.0. The third kappa shape index (κ3) is 2.00. The molecule has 0 saturated carbocycles. The van der Waals surface area contributed by atoms with E-state index in [0.29, 0.717) is 5.92 Å². The van der Waals surface area contributed by atoms with Crippen LogP contribution in [0.1, 0.15) is 37.8 Å². The van der Waals surface area contributed by atoms with Crippen molar-refractivity contribution < 1.29 is 0 Å². The fraction of sp³-hybridized carbons (Fsp3) is 0.545. The molecule has 1 heterocycles. The van der Waals surface area contributed by atoms with Crippen LogP contribution in [0.25, 0.3) is 0 Å². The standard InChI is InChI=1S/C11H17NO/c1-5-9-6-10(8(2)3)11(13)12(4)7-9/h6-8H,5H2,1-4H3. The van der Waals surface area contributed by atoms with Crippen molar-refractivity contribution in [1.82, 2.24) is 4.57 Å². The van der Waals surface area contributed by atoms with E-state index in [-0.39, 0.29) is 5.56 Å². The Kier molecular flexibility index (Phi) is 2.91. The van der Waals surface area contributed by atoms with E-state index in [0.717, 1.165) is 12.0 Å². The van der Waals surface area contributed by atoms with Crippen LogP contribution < -0.4 is 5.56 Å². The summed E-state index contributed by atoms with van der Waals surface area (Å²) in [5, 5.41) is 0. The van der Waals surface area contributed by atoms with E-state index in [1.165, 1.54) is 5.56 Å². The van der Waals surface area contributed by atoms with E-state index in [1.54, 1.807) is 4.57 Å². The fourth-order valence-electron chi connectivity index (χ4n) is 1.42. The topological polar surface area (TPSA) is 22.0 Å². The van der Waals surface area contributed by atoms with Crippen molar-refractivity contribution in [2.24, 2.45) is 7.05 Å². The molecular formula is C11H17NO. The van der Waals surface area contributed by atoms with Gasteiger partial charge in [0.25, 0.3) is 5.56 Å². The number of hydrogen-bond acceptors (Lipinski definition) is 1. The van der Waals surface area contributed by atoms with Crippen LogP contribution in [0.2, 0.25) is 0 Å². The van der Waals surface area contributed by atoms with E-state index in [2.05, 4.69) is 20.8 Å². The monoisotopic (exact) mass is 179 g/mol. The number of hydrogen-bond donors (Lipinski definition) is 0. The minimum Gasteiger partial charge on any atom is -0.318 e. The molecule has 0 aliphatic heterocycles. The molecule has 0 aromatic carbocycles. The van der Waals surface area contributed by atoms with Crippen LogP contribution in [0.3, 0.4) is 0 Å². The predicted molar refractivity (Wildman–Crippen MR) is 55.2 cm³/mol. The van der Waals surface area contributed by atoms with Gasteiger partial charge in [0, 0.05) is 18.8 Å². The van der Waals surface area contributed by atoms with Crippen molar-refractivity contribution in [2.75, 3.05) is 0 Å². The first-order chi connectivity index (χ1) is 6.06. The molecule has 1 aromatic rings. The molecule has 0 amide bonds. The van der Waals surface area contributed by atoms with Crippen LogP contribution in [0.15, 0.2) is 17.1 Å². The Hall–Kier alpha value is -1.05. The maximum Gasteiger partial charge on any atom is 0.253 e. The molecule has 0 aliphatic carbocycles. The SMILES string of the molecule is CCc1cc(C(C)C)c(=O)n(C)c1. The molecule has 72 valence electrons. The van der Waals surface area contributed by atoms with Gasteiger partial charge in [0.1, 0.15) is 0 Å². The first-order valence-electron chi connectivity index (χ1n) is 4.75. The van der Waals surface area contributed by atoms with Gasteiger partial charge in [-0.25, -0.2) is 0 Å². The van der Waals surface area contributed by atoms with E-state index in [1.807, 2.05) is 19.3 Å². The zero-order valence-electron chi connectivity index (χ0n) is 8.79. The fourth-order valence-corrected chi connectivity index (χ4v) is 1.42. The summed E-state index contributed by atoms with van der Waals surface area (Å²) in [5.74, 6) is 0.310. The zero-order valence-corrected chi connectivity index (χ0v) is 8.79. The average Bonchev–Trinajstić information content (AvgIpc) is 2.09. The van der Waals surface area contributed by atoms with Crippen molar-refractivity contribution in [1.29, 1.82) is 0 Å². The Bertz CT molecular complexity index is 350. The van der Waals surface area contributed by atoms with Gasteiger partial charge in [0.15, 0.2) is 0 Å². The second-order valence-electron chi connectivity index (χ2n) is 3.73. The predicted octanol–water partition coefficient (Wildman–Crippen LogP) is 2.07. The van der Waals surface area contributed by atoms with Crippen LogP contribution in [-0.2, 0) is 13.5 Å². The normalized spacial score (nSPS) is 10.8. The lowest BCUT2D eigenvalue weighted by atomic mass is 10.0. The Morgan fingerprint density at radius 2 is 2.08 bits per heavy atom. The number of pyridine rings is 1. The van der Waals surface area contributed by atoms with Gasteiger partial charge in [-0.05, 0) is 24.0 Å². The molecule has 0 saturated heterocycles. The molecule has 1 aromatic heterocycles. The summed E-state index contributed by atoms with van der Waals surface area (Å²) in [5.41, 5.74) is 2.28. The summed E-state index contributed by atoms with van der Waals surface area (Å²) < 4.78 is 1.67. The van der Waals surface area contributed by atoms with Gasteiger partial charge in [-0.2, -0.15) is 0 Å². The smallest absolute Gasteiger partial charge is 0.253 e. The quantitative estimate of drug-likeness (QED) is 0.681. The maximum absolute atomic E-state index is 11.6. The van der Waals surface area contributed by atoms with Gasteiger partial charge in [-0.3, -0.25) is 4.79 Å². The van der Waals surface area contributed by atoms with Gasteiger partial charge in [-0.15, -0.1) is 0 Å². The van der Waals surface area contributed by atoms with Crippen molar-refractivity contribution >= 4 is 0 Å². The van der Waals surface area contributed by atoms with Crippen molar-refractivity contribution in [3.05, 3.63) is 33.7 Å². The van der Waals surface area contributed by atoms with Crippen molar-refractivity contribution in [3.8, 4) is 0 Å². The molecule has 0 atom stereocenters. The minimum atomic E-state index is 0.132. The summed E-state index contributed by atoms with van der Waals surface area (Å²) in [6, 6.07) is 2.02. The number of rotatable bonds is 2. The molecule has 2 nitrogen and oxygen atoms in total. The Balaban J connectivity index is 3.33. The first-order valence-corrected chi connectivity index (χ1v) is 4.75. The highest BCUT2D eigenvalue weighted by atomic mass is 16.1. The summed E-state index contributed by atoms with van der Waals surface area (Å²) in [7, 11) is 1.81. The highest BCUT2D eigenvalue weighted by Gasteiger charge is 2.06. The average molecular weight is 179 g/mol. The molecule has 0 spiro atoms. The Labute approximate surface area is 79.2 Å². The third-order valence-electron chi connectivity index (χ3n) is 2.30. The molecule has 0 bridgehead atoms. The number of aromatic nitrogens is 1. The maximum atomic E-state index is 11.6. The molecule has 0 N–H and O–H groups in total. The lowest BCUT2D eigenvalue weighted by Gasteiger charge is -2.09. The van der Waals surface area contributed by atoms with Gasteiger partial charge in [0.05, 0.1) is 0 Å². The molecule has 0 radical (unpaired) electrons. The van der Waals surface area contributed by atoms with Crippen LogP contribution in [0.4, 0.5) is 0 Å². The van der Waals surface area contributed by atoms with Crippen molar-refractivity contribution in [3.63, 3.8) is 0 Å². The third-order valence-corrected chi connectivity index (χ3v) is 2.30. The number of aryl methyl sites for hydroxylation is 2. The van der Waals surface area contributed by atoms with Gasteiger partial charge in [0.2, 0.25) is 0 Å². The Morgan fingerprint density at radius 1 is 1.46 bits per heavy atom. The van der Waals surface area contributed by atoms with Gasteiger partial charge in [-0.1, -0.05) is 20.8 Å². The highest BCUT2D eigenvalue weighted by molar-refractivity contribution is 5.21. The summed E-state index contributed by atoms with van der Waals surface area (Å²) in [4.78, 5) is 11.6. The lowest BCUT2D eigenvalue weighted by molar-refractivity contribution is 0.769. The molecule has 13 heavy (non-hydrogen) atoms. The van der Waals surface area contributed by atoms with E-state index < -0.39 is 0 Å². The van der Waals surface area contributed by atoms with E-state index >= 15 is 0 Å². The summed E-state index contributed by atoms with van der Waals surface area (Å²) in [6.07, 6.45) is 2.89.